The van der Waals surface area contributed by atoms with Crippen molar-refractivity contribution in [2.24, 2.45) is 0 Å². The molecule has 0 aromatic carbocycles. The minimum absolute atomic E-state index is 0.0211. The summed E-state index contributed by atoms with van der Waals surface area (Å²) in [6, 6.07) is -0.187. The molecule has 78 valence electrons. The molecule has 1 amide bonds. The maximum atomic E-state index is 10.9. The Bertz CT molecular complexity index is 244. The van der Waals surface area contributed by atoms with E-state index in [2.05, 4.69) is 18.5 Å². The fourth-order valence-electron chi connectivity index (χ4n) is 1.16. The van der Waals surface area contributed by atoms with Crippen LogP contribution in [0.4, 0.5) is 0 Å². The summed E-state index contributed by atoms with van der Waals surface area (Å²) in [6.07, 6.45) is 5.52. The molecule has 0 bridgehead atoms. The Morgan fingerprint density at radius 2 is 2.21 bits per heavy atom. The van der Waals surface area contributed by atoms with Crippen molar-refractivity contribution in [2.75, 3.05) is 6.61 Å². The van der Waals surface area contributed by atoms with Crippen molar-refractivity contribution in [3.8, 4) is 0 Å². The number of amides is 1. The summed E-state index contributed by atoms with van der Waals surface area (Å²) in [5.41, 5.74) is 0.851. The number of aliphatic hydroxyl groups is 1. The van der Waals surface area contributed by atoms with Crippen molar-refractivity contribution in [1.82, 2.24) is 5.32 Å². The van der Waals surface area contributed by atoms with Gasteiger partial charge in [0.1, 0.15) is 0 Å². The van der Waals surface area contributed by atoms with Crippen molar-refractivity contribution >= 4 is 5.91 Å². The Kier molecular flexibility index (Phi) is 6.41. The molecule has 0 aromatic heterocycles. The number of carbonyl (C=O) groups excluding carboxylic acids is 1. The molecule has 0 aliphatic carbocycles. The van der Waals surface area contributed by atoms with E-state index in [1.165, 1.54) is 6.92 Å². The molecular weight excluding hydrogens is 178 g/mol. The first-order valence-electron chi connectivity index (χ1n) is 4.48. The molecule has 0 saturated heterocycles. The third kappa shape index (κ3) is 4.62. The average Bonchev–Trinajstić information content (AvgIpc) is 2.13. The molecule has 0 saturated carbocycles. The fourth-order valence-corrected chi connectivity index (χ4v) is 1.16. The van der Waals surface area contributed by atoms with Gasteiger partial charge in [-0.1, -0.05) is 31.4 Å². The van der Waals surface area contributed by atoms with Gasteiger partial charge in [0.25, 0.3) is 0 Å². The molecular formula is C11H17NO2. The van der Waals surface area contributed by atoms with Gasteiger partial charge in [-0.15, -0.1) is 0 Å². The number of hydrogen-bond donors (Lipinski definition) is 2. The van der Waals surface area contributed by atoms with Crippen LogP contribution in [0.2, 0.25) is 0 Å². The Morgan fingerprint density at radius 3 is 2.57 bits per heavy atom. The van der Waals surface area contributed by atoms with Crippen molar-refractivity contribution in [3.05, 3.63) is 37.0 Å². The minimum atomic E-state index is -0.187. The number of aliphatic hydroxyl groups excluding tert-OH is 1. The number of rotatable bonds is 6. The van der Waals surface area contributed by atoms with E-state index in [1.54, 1.807) is 18.2 Å². The summed E-state index contributed by atoms with van der Waals surface area (Å²) < 4.78 is 0. The average molecular weight is 195 g/mol. The van der Waals surface area contributed by atoms with E-state index in [1.807, 2.05) is 0 Å². The quantitative estimate of drug-likeness (QED) is 0.625. The maximum Gasteiger partial charge on any atom is 0.217 e. The van der Waals surface area contributed by atoms with Crippen LogP contribution in [-0.2, 0) is 4.79 Å². The highest BCUT2D eigenvalue weighted by Crippen LogP contribution is 2.07. The first-order valence-corrected chi connectivity index (χ1v) is 4.48. The second-order valence-corrected chi connectivity index (χ2v) is 2.87. The van der Waals surface area contributed by atoms with E-state index in [0.717, 1.165) is 5.57 Å². The zero-order chi connectivity index (χ0) is 11.0. The third-order valence-corrected chi connectivity index (χ3v) is 1.74. The van der Waals surface area contributed by atoms with Gasteiger partial charge in [0.2, 0.25) is 5.91 Å². The molecule has 0 aliphatic heterocycles. The highest BCUT2D eigenvalue weighted by Gasteiger charge is 2.11. The van der Waals surface area contributed by atoms with Crippen LogP contribution in [0.3, 0.4) is 0 Å². The van der Waals surface area contributed by atoms with Crippen LogP contribution in [0.25, 0.3) is 0 Å². The highest BCUT2D eigenvalue weighted by molar-refractivity contribution is 5.73. The van der Waals surface area contributed by atoms with Crippen LogP contribution in [0.15, 0.2) is 37.0 Å². The van der Waals surface area contributed by atoms with Crippen LogP contribution >= 0.6 is 0 Å². The van der Waals surface area contributed by atoms with Gasteiger partial charge in [0, 0.05) is 13.5 Å². The van der Waals surface area contributed by atoms with Gasteiger partial charge < -0.3 is 10.4 Å². The van der Waals surface area contributed by atoms with Crippen molar-refractivity contribution in [3.63, 3.8) is 0 Å². The van der Waals surface area contributed by atoms with E-state index in [4.69, 9.17) is 5.11 Å². The molecule has 0 unspecified atom stereocenters. The van der Waals surface area contributed by atoms with Gasteiger partial charge >= 0.3 is 0 Å². The predicted octanol–water partition coefficient (Wildman–Crippen LogP) is 1.17. The number of allylic oxidation sites excluding steroid dienone is 2. The summed E-state index contributed by atoms with van der Waals surface area (Å²) in [7, 11) is 0. The molecule has 0 radical (unpaired) electrons. The molecule has 3 nitrogen and oxygen atoms in total. The smallest absolute Gasteiger partial charge is 0.217 e. The van der Waals surface area contributed by atoms with Gasteiger partial charge in [0.05, 0.1) is 6.04 Å². The molecule has 2 N–H and O–H groups in total. The molecule has 14 heavy (non-hydrogen) atoms. The van der Waals surface area contributed by atoms with Gasteiger partial charge in [-0.2, -0.15) is 0 Å². The van der Waals surface area contributed by atoms with Gasteiger partial charge in [-0.25, -0.2) is 0 Å². The summed E-state index contributed by atoms with van der Waals surface area (Å²) in [5, 5.41) is 11.6. The molecule has 0 rings (SSSR count). The van der Waals surface area contributed by atoms with E-state index in [0.29, 0.717) is 6.42 Å². The van der Waals surface area contributed by atoms with E-state index in [9.17, 15) is 4.79 Å². The van der Waals surface area contributed by atoms with Crippen molar-refractivity contribution < 1.29 is 9.90 Å². The second-order valence-electron chi connectivity index (χ2n) is 2.87. The molecule has 0 fully saturated rings. The maximum absolute atomic E-state index is 10.9. The molecule has 1 atom stereocenters. The van der Waals surface area contributed by atoms with Crippen LogP contribution < -0.4 is 5.32 Å². The first kappa shape index (κ1) is 12.7. The van der Waals surface area contributed by atoms with Crippen LogP contribution in [0.5, 0.6) is 0 Å². The van der Waals surface area contributed by atoms with E-state index >= 15 is 0 Å². The van der Waals surface area contributed by atoms with Crippen LogP contribution in [0, 0.1) is 0 Å². The molecule has 0 aliphatic rings. The lowest BCUT2D eigenvalue weighted by Gasteiger charge is -2.17. The molecule has 0 heterocycles. The van der Waals surface area contributed by atoms with Gasteiger partial charge in [0.15, 0.2) is 0 Å². The Morgan fingerprint density at radius 1 is 1.57 bits per heavy atom. The summed E-state index contributed by atoms with van der Waals surface area (Å²) in [6.45, 7) is 8.68. The largest absolute Gasteiger partial charge is 0.396 e. The van der Waals surface area contributed by atoms with Gasteiger partial charge in [-0.05, 0) is 12.0 Å². The topological polar surface area (TPSA) is 49.3 Å². The van der Waals surface area contributed by atoms with Crippen LogP contribution in [-0.4, -0.2) is 23.7 Å². The Labute approximate surface area is 84.8 Å². The predicted molar refractivity (Wildman–Crippen MR) is 57.8 cm³/mol. The fraction of sp³-hybridized carbons (Fsp3) is 0.364. The van der Waals surface area contributed by atoms with E-state index in [-0.39, 0.29) is 18.6 Å². The van der Waals surface area contributed by atoms with E-state index < -0.39 is 0 Å². The minimum Gasteiger partial charge on any atom is -0.396 e. The monoisotopic (exact) mass is 195 g/mol. The second kappa shape index (κ2) is 7.09. The SMILES string of the molecule is C=C/C=C(\C=C)[C@H](CCO)NC(C)=O. The first-order chi connectivity index (χ1) is 6.65. The summed E-state index contributed by atoms with van der Waals surface area (Å²) in [4.78, 5) is 10.9. The van der Waals surface area contributed by atoms with Crippen LogP contribution in [0.1, 0.15) is 13.3 Å². The lowest BCUT2D eigenvalue weighted by molar-refractivity contribution is -0.119. The lowest BCUT2D eigenvalue weighted by atomic mass is 10.0. The Balaban J connectivity index is 4.58. The highest BCUT2D eigenvalue weighted by atomic mass is 16.3. The Hall–Kier alpha value is -1.35. The number of nitrogens with one attached hydrogen (secondary N) is 1. The third-order valence-electron chi connectivity index (χ3n) is 1.74. The summed E-state index contributed by atoms with van der Waals surface area (Å²) >= 11 is 0. The standard InChI is InChI=1S/C11H17NO2/c1-4-6-10(5-2)11(7-8-13)12-9(3)14/h4-6,11,13H,1-2,7-8H2,3H3,(H,12,14)/b10-6+/t11-/m0/s1. The number of hydrogen-bond acceptors (Lipinski definition) is 2. The van der Waals surface area contributed by atoms with Gasteiger partial charge in [-0.3, -0.25) is 4.79 Å². The zero-order valence-corrected chi connectivity index (χ0v) is 8.49. The van der Waals surface area contributed by atoms with Crippen molar-refractivity contribution in [2.45, 2.75) is 19.4 Å². The normalized spacial score (nSPS) is 13.1. The molecule has 3 heteroatoms. The summed E-state index contributed by atoms with van der Waals surface area (Å²) in [5.74, 6) is -0.125. The number of carbonyl (C=O) groups is 1. The van der Waals surface area contributed by atoms with Crippen molar-refractivity contribution in [1.29, 1.82) is 0 Å². The molecule has 0 spiro atoms. The molecule has 0 aromatic rings. The zero-order valence-electron chi connectivity index (χ0n) is 8.49. The lowest BCUT2D eigenvalue weighted by Crippen LogP contribution is -2.34.